The normalized spacial score (nSPS) is 11.6. The Labute approximate surface area is 137 Å². The summed E-state index contributed by atoms with van der Waals surface area (Å²) in [5.41, 5.74) is 6.79. The average molecular weight is 322 g/mol. The summed E-state index contributed by atoms with van der Waals surface area (Å²) in [6.45, 7) is 9.32. The van der Waals surface area contributed by atoms with Gasteiger partial charge in [-0.25, -0.2) is 0 Å². The maximum absolute atomic E-state index is 3.45. The molecule has 1 radical (unpaired) electrons. The van der Waals surface area contributed by atoms with Crippen LogP contribution in [0.1, 0.15) is 0 Å². The summed E-state index contributed by atoms with van der Waals surface area (Å²) >= 11 is 0. The fourth-order valence-electron chi connectivity index (χ4n) is 2.54. The van der Waals surface area contributed by atoms with Crippen molar-refractivity contribution in [2.24, 2.45) is 0 Å². The number of rotatable bonds is 5. The van der Waals surface area contributed by atoms with E-state index in [1.807, 2.05) is 0 Å². The molecule has 0 aromatic heterocycles. The van der Waals surface area contributed by atoms with Gasteiger partial charge in [0.25, 0.3) is 0 Å². The van der Waals surface area contributed by atoms with Crippen LogP contribution in [-0.4, -0.2) is 16.1 Å². The third-order valence-corrected chi connectivity index (χ3v) is 9.01. The van der Waals surface area contributed by atoms with Crippen LogP contribution in [0.4, 0.5) is 0 Å². The number of hydrogen-bond donors (Lipinski definition) is 0. The van der Waals surface area contributed by atoms with Crippen molar-refractivity contribution in [1.29, 1.82) is 0 Å². The SMILES string of the molecule is C[Si](C)(C)[C]=C=CC[Si](C)(c1ccccc1)c1ccccc1. The highest BCUT2D eigenvalue weighted by Crippen LogP contribution is 2.12. The van der Waals surface area contributed by atoms with Crippen molar-refractivity contribution >= 4 is 26.5 Å². The minimum absolute atomic E-state index is 1.07. The largest absolute Gasteiger partial charge is 0.126 e. The molecule has 0 heterocycles. The molecule has 0 fully saturated rings. The Balaban J connectivity index is 2.38. The monoisotopic (exact) mass is 321 g/mol. The maximum atomic E-state index is 3.45. The molecule has 0 aliphatic rings. The van der Waals surface area contributed by atoms with Crippen LogP contribution in [0.5, 0.6) is 0 Å². The van der Waals surface area contributed by atoms with Gasteiger partial charge in [-0.15, -0.1) is 5.73 Å². The van der Waals surface area contributed by atoms with Crippen LogP contribution in [0.15, 0.2) is 72.5 Å². The smallest absolute Gasteiger partial charge is 0.119 e. The van der Waals surface area contributed by atoms with Gasteiger partial charge in [-0.2, -0.15) is 0 Å². The Morgan fingerprint density at radius 1 is 0.773 bits per heavy atom. The zero-order valence-electron chi connectivity index (χ0n) is 14.1. The van der Waals surface area contributed by atoms with Crippen molar-refractivity contribution in [1.82, 2.24) is 0 Å². The molecule has 2 aromatic rings. The molecule has 0 saturated carbocycles. The molecule has 0 spiro atoms. The summed E-state index contributed by atoms with van der Waals surface area (Å²) in [4.78, 5) is 0. The van der Waals surface area contributed by atoms with E-state index in [0.717, 1.165) is 6.04 Å². The van der Waals surface area contributed by atoms with E-state index >= 15 is 0 Å². The lowest BCUT2D eigenvalue weighted by Gasteiger charge is -2.27. The van der Waals surface area contributed by atoms with Gasteiger partial charge in [0.05, 0.1) is 8.07 Å². The van der Waals surface area contributed by atoms with Crippen LogP contribution in [0.2, 0.25) is 32.2 Å². The Bertz CT molecular complexity index is 606. The quantitative estimate of drug-likeness (QED) is 0.570. The molecule has 0 aliphatic heterocycles. The van der Waals surface area contributed by atoms with E-state index in [2.05, 4.69) is 104 Å². The minimum Gasteiger partial charge on any atom is -0.126 e. The Hall–Kier alpha value is -1.61. The summed E-state index contributed by atoms with van der Waals surface area (Å²) in [6, 6.07) is 23.0. The van der Waals surface area contributed by atoms with E-state index in [4.69, 9.17) is 0 Å². The first kappa shape index (κ1) is 16.8. The number of hydrogen-bond acceptors (Lipinski definition) is 0. The molecular weight excluding hydrogens is 296 g/mol. The number of benzene rings is 2. The van der Waals surface area contributed by atoms with Gasteiger partial charge >= 0.3 is 0 Å². The van der Waals surface area contributed by atoms with Gasteiger partial charge in [-0.3, -0.25) is 0 Å². The minimum atomic E-state index is -1.74. The van der Waals surface area contributed by atoms with Crippen LogP contribution in [0, 0.1) is 5.70 Å². The molecule has 0 aliphatic carbocycles. The van der Waals surface area contributed by atoms with Crippen molar-refractivity contribution in [3.05, 3.63) is 78.2 Å². The van der Waals surface area contributed by atoms with Crippen molar-refractivity contribution < 1.29 is 0 Å². The highest BCUT2D eigenvalue weighted by atomic mass is 28.3. The first-order valence-electron chi connectivity index (χ1n) is 7.87. The van der Waals surface area contributed by atoms with Gasteiger partial charge in [0.15, 0.2) is 0 Å². The molecular formula is C20H25Si2. The third-order valence-electron chi connectivity index (χ3n) is 3.88. The standard InChI is InChI=1S/C20H25Si2/c1-21(2,3)17-11-12-18-22(4,19-13-7-5-8-14-19)20-15-9-6-10-16-20/h5-10,12-16H,18H2,1-4H3. The predicted molar refractivity (Wildman–Crippen MR) is 103 cm³/mol. The van der Waals surface area contributed by atoms with Gasteiger partial charge in [0, 0.05) is 0 Å². The lowest BCUT2D eigenvalue weighted by molar-refractivity contribution is 1.55. The summed E-state index contributed by atoms with van der Waals surface area (Å²) in [7, 11) is -3.03. The first-order chi connectivity index (χ1) is 10.4. The second-order valence-corrected chi connectivity index (χ2v) is 16.0. The van der Waals surface area contributed by atoms with Gasteiger partial charge in [-0.1, -0.05) is 97.2 Å². The van der Waals surface area contributed by atoms with Crippen molar-refractivity contribution in [3.63, 3.8) is 0 Å². The molecule has 0 bridgehead atoms. The lowest BCUT2D eigenvalue weighted by atomic mass is 10.4. The third kappa shape index (κ3) is 4.44. The Morgan fingerprint density at radius 2 is 1.23 bits per heavy atom. The maximum Gasteiger partial charge on any atom is 0.119 e. The Kier molecular flexibility index (Phi) is 5.41. The zero-order chi connectivity index (χ0) is 16.1. The van der Waals surface area contributed by atoms with Crippen molar-refractivity contribution in [2.45, 2.75) is 32.2 Å². The van der Waals surface area contributed by atoms with Crippen LogP contribution < -0.4 is 10.4 Å². The molecule has 0 amide bonds. The number of allylic oxidation sites excluding steroid dienone is 1. The summed E-state index contributed by atoms with van der Waals surface area (Å²) in [5, 5.41) is 2.96. The van der Waals surface area contributed by atoms with Gasteiger partial charge in [0.1, 0.15) is 8.07 Å². The van der Waals surface area contributed by atoms with Crippen LogP contribution in [-0.2, 0) is 0 Å². The first-order valence-corrected chi connectivity index (χ1v) is 14.1. The van der Waals surface area contributed by atoms with E-state index in [1.165, 1.54) is 10.4 Å². The molecule has 2 heteroatoms. The topological polar surface area (TPSA) is 0 Å². The molecule has 0 saturated heterocycles. The molecule has 2 rings (SSSR count). The van der Waals surface area contributed by atoms with Crippen molar-refractivity contribution in [2.75, 3.05) is 0 Å². The second kappa shape index (κ2) is 7.10. The van der Waals surface area contributed by atoms with Crippen LogP contribution in [0.25, 0.3) is 0 Å². The molecule has 0 unspecified atom stereocenters. The van der Waals surface area contributed by atoms with Gasteiger partial charge in [-0.05, 0) is 17.8 Å². The Morgan fingerprint density at radius 3 is 1.64 bits per heavy atom. The van der Waals surface area contributed by atoms with Gasteiger partial charge < -0.3 is 0 Å². The summed E-state index contributed by atoms with van der Waals surface area (Å²) in [5.74, 6) is 0. The van der Waals surface area contributed by atoms with E-state index in [1.54, 1.807) is 0 Å². The summed E-state index contributed by atoms with van der Waals surface area (Å²) < 4.78 is 0. The van der Waals surface area contributed by atoms with Crippen LogP contribution >= 0.6 is 0 Å². The van der Waals surface area contributed by atoms with E-state index in [9.17, 15) is 0 Å². The van der Waals surface area contributed by atoms with E-state index in [0.29, 0.717) is 0 Å². The molecule has 0 nitrogen and oxygen atoms in total. The summed E-state index contributed by atoms with van der Waals surface area (Å²) in [6.07, 6.45) is 2.21. The molecule has 0 atom stereocenters. The molecule has 0 N–H and O–H groups in total. The van der Waals surface area contributed by atoms with Gasteiger partial charge in [0.2, 0.25) is 0 Å². The highest BCUT2D eigenvalue weighted by molar-refractivity contribution is 7.01. The fraction of sp³-hybridized carbons (Fsp3) is 0.250. The van der Waals surface area contributed by atoms with Crippen molar-refractivity contribution in [3.8, 4) is 0 Å². The van der Waals surface area contributed by atoms with Crippen LogP contribution in [0.3, 0.4) is 0 Å². The highest BCUT2D eigenvalue weighted by Gasteiger charge is 2.30. The lowest BCUT2D eigenvalue weighted by Crippen LogP contribution is -2.55. The molecule has 2 aromatic carbocycles. The predicted octanol–water partition coefficient (Wildman–Crippen LogP) is 4.27. The van der Waals surface area contributed by atoms with E-state index < -0.39 is 16.1 Å². The second-order valence-electron chi connectivity index (χ2n) is 6.99. The van der Waals surface area contributed by atoms with E-state index in [-0.39, 0.29) is 0 Å². The zero-order valence-corrected chi connectivity index (χ0v) is 16.1. The molecule has 113 valence electrons. The average Bonchev–Trinajstić information content (AvgIpc) is 2.52. The molecule has 22 heavy (non-hydrogen) atoms. The fourth-order valence-corrected chi connectivity index (χ4v) is 6.24.